The van der Waals surface area contributed by atoms with Gasteiger partial charge in [-0.05, 0) is 30.7 Å². The molecule has 4 aromatic rings. The largest absolute Gasteiger partial charge is 0.416 e. The molecule has 6 nitrogen and oxygen atoms in total. The van der Waals surface area contributed by atoms with Gasteiger partial charge in [0.1, 0.15) is 11.5 Å². The van der Waals surface area contributed by atoms with Crippen LogP contribution in [0.4, 0.5) is 19.0 Å². The lowest BCUT2D eigenvalue weighted by Gasteiger charge is -2.12. The quantitative estimate of drug-likeness (QED) is 0.427. The van der Waals surface area contributed by atoms with Crippen molar-refractivity contribution in [1.29, 1.82) is 0 Å². The minimum Gasteiger partial charge on any atom is -0.370 e. The van der Waals surface area contributed by atoms with E-state index in [9.17, 15) is 13.2 Å². The molecule has 0 atom stereocenters. The highest BCUT2D eigenvalue weighted by molar-refractivity contribution is 5.67. The number of aryl methyl sites for hydroxylation is 1. The molecule has 1 aromatic carbocycles. The molecule has 3 heterocycles. The molecule has 4 rings (SSSR count). The highest BCUT2D eigenvalue weighted by Gasteiger charge is 2.30. The van der Waals surface area contributed by atoms with Gasteiger partial charge in [0.25, 0.3) is 0 Å². The lowest BCUT2D eigenvalue weighted by atomic mass is 10.1. The molecule has 0 aliphatic rings. The smallest absolute Gasteiger partial charge is 0.370 e. The van der Waals surface area contributed by atoms with Crippen molar-refractivity contribution in [3.05, 3.63) is 79.0 Å². The maximum atomic E-state index is 13.2. The van der Waals surface area contributed by atoms with E-state index in [-0.39, 0.29) is 0 Å². The standard InChI is InChI=1S/C22H19F3N6/c23-22(24,25)17-6-3-5-16(13-17)19-14-20(28-9-4-11-31-12-10-26-15-31)30-21(29-19)18-7-1-2-8-27-18/h1-3,5-8,10,12-15H,4,9,11H2,(H,28,29,30). The first-order valence-corrected chi connectivity index (χ1v) is 9.67. The summed E-state index contributed by atoms with van der Waals surface area (Å²) in [5.74, 6) is 0.862. The summed E-state index contributed by atoms with van der Waals surface area (Å²) < 4.78 is 41.5. The molecule has 1 N–H and O–H groups in total. The average molecular weight is 424 g/mol. The molecule has 158 valence electrons. The van der Waals surface area contributed by atoms with E-state index in [4.69, 9.17) is 0 Å². The van der Waals surface area contributed by atoms with Crippen LogP contribution < -0.4 is 5.32 Å². The van der Waals surface area contributed by atoms with Crippen LogP contribution in [-0.4, -0.2) is 31.0 Å². The summed E-state index contributed by atoms with van der Waals surface area (Å²) in [7, 11) is 0. The Morgan fingerprint density at radius 1 is 0.935 bits per heavy atom. The number of pyridine rings is 1. The molecule has 0 spiro atoms. The number of benzene rings is 1. The number of nitrogens with zero attached hydrogens (tertiary/aromatic N) is 5. The van der Waals surface area contributed by atoms with Crippen molar-refractivity contribution in [2.45, 2.75) is 19.1 Å². The first kappa shape index (κ1) is 20.5. The van der Waals surface area contributed by atoms with Gasteiger partial charge in [-0.2, -0.15) is 13.2 Å². The number of aromatic nitrogens is 5. The third-order valence-corrected chi connectivity index (χ3v) is 4.56. The molecule has 0 unspecified atom stereocenters. The summed E-state index contributed by atoms with van der Waals surface area (Å²) in [6, 6.07) is 12.1. The Bertz CT molecular complexity index is 1130. The fraction of sp³-hybridized carbons (Fsp3) is 0.182. The first-order valence-electron chi connectivity index (χ1n) is 9.67. The first-order chi connectivity index (χ1) is 15.0. The van der Waals surface area contributed by atoms with E-state index in [1.54, 1.807) is 49.1 Å². The Hall–Kier alpha value is -3.75. The second kappa shape index (κ2) is 8.95. The summed E-state index contributed by atoms with van der Waals surface area (Å²) in [5, 5.41) is 3.24. The van der Waals surface area contributed by atoms with Gasteiger partial charge in [0.15, 0.2) is 5.82 Å². The molecule has 0 fully saturated rings. The number of hydrogen-bond acceptors (Lipinski definition) is 5. The minimum atomic E-state index is -4.43. The monoisotopic (exact) mass is 424 g/mol. The SMILES string of the molecule is FC(F)(F)c1cccc(-c2cc(NCCCn3ccnc3)nc(-c3ccccn3)n2)c1. The van der Waals surface area contributed by atoms with Crippen molar-refractivity contribution in [3.63, 3.8) is 0 Å². The van der Waals surface area contributed by atoms with Crippen LogP contribution in [0.15, 0.2) is 73.4 Å². The third kappa shape index (κ3) is 5.25. The van der Waals surface area contributed by atoms with Crippen molar-refractivity contribution >= 4 is 5.82 Å². The van der Waals surface area contributed by atoms with Crippen molar-refractivity contribution in [1.82, 2.24) is 24.5 Å². The summed E-state index contributed by atoms with van der Waals surface area (Å²) >= 11 is 0. The van der Waals surface area contributed by atoms with Gasteiger partial charge in [0.05, 0.1) is 17.6 Å². The second-order valence-corrected chi connectivity index (χ2v) is 6.84. The molecule has 0 saturated heterocycles. The Morgan fingerprint density at radius 2 is 1.84 bits per heavy atom. The van der Waals surface area contributed by atoms with E-state index < -0.39 is 11.7 Å². The van der Waals surface area contributed by atoms with Crippen LogP contribution >= 0.6 is 0 Å². The summed E-state index contributed by atoms with van der Waals surface area (Å²) in [4.78, 5) is 17.3. The van der Waals surface area contributed by atoms with Gasteiger partial charge in [-0.3, -0.25) is 4.98 Å². The maximum absolute atomic E-state index is 13.2. The topological polar surface area (TPSA) is 68.5 Å². The summed E-state index contributed by atoms with van der Waals surface area (Å²) in [5.41, 5.74) is 0.561. The molecule has 0 saturated carbocycles. The number of imidazole rings is 1. The predicted molar refractivity (Wildman–Crippen MR) is 111 cm³/mol. The van der Waals surface area contributed by atoms with Gasteiger partial charge < -0.3 is 9.88 Å². The number of alkyl halides is 3. The number of rotatable bonds is 7. The average Bonchev–Trinajstić information content (AvgIpc) is 3.30. The van der Waals surface area contributed by atoms with E-state index in [1.165, 1.54) is 6.07 Å². The van der Waals surface area contributed by atoms with Crippen LogP contribution in [0.3, 0.4) is 0 Å². The zero-order valence-electron chi connectivity index (χ0n) is 16.4. The molecule has 3 aromatic heterocycles. The molecular formula is C22H19F3N6. The van der Waals surface area contributed by atoms with Crippen molar-refractivity contribution in [2.24, 2.45) is 0 Å². The summed E-state index contributed by atoms with van der Waals surface area (Å²) in [6.07, 6.45) is 3.36. The van der Waals surface area contributed by atoms with Crippen LogP contribution in [0.2, 0.25) is 0 Å². The predicted octanol–water partition coefficient (Wildman–Crippen LogP) is 4.92. The fourth-order valence-corrected chi connectivity index (χ4v) is 3.05. The number of nitrogens with one attached hydrogen (secondary N) is 1. The highest BCUT2D eigenvalue weighted by atomic mass is 19.4. The van der Waals surface area contributed by atoms with Gasteiger partial charge in [-0.15, -0.1) is 0 Å². The zero-order valence-corrected chi connectivity index (χ0v) is 16.4. The highest BCUT2D eigenvalue weighted by Crippen LogP contribution is 2.32. The number of anilines is 1. The van der Waals surface area contributed by atoms with Crippen LogP contribution in [0.25, 0.3) is 22.8 Å². The van der Waals surface area contributed by atoms with E-state index in [1.807, 2.05) is 10.8 Å². The molecule has 0 bridgehead atoms. The van der Waals surface area contributed by atoms with E-state index in [0.29, 0.717) is 35.1 Å². The molecule has 0 amide bonds. The fourth-order valence-electron chi connectivity index (χ4n) is 3.05. The van der Waals surface area contributed by atoms with Crippen molar-refractivity contribution in [3.8, 4) is 22.8 Å². The maximum Gasteiger partial charge on any atom is 0.416 e. The molecule has 0 radical (unpaired) electrons. The molecule has 0 aliphatic carbocycles. The zero-order chi connectivity index (χ0) is 21.7. The Balaban J connectivity index is 1.62. The van der Waals surface area contributed by atoms with Crippen molar-refractivity contribution in [2.75, 3.05) is 11.9 Å². The van der Waals surface area contributed by atoms with Crippen LogP contribution in [-0.2, 0) is 12.7 Å². The van der Waals surface area contributed by atoms with E-state index in [2.05, 4.69) is 25.3 Å². The van der Waals surface area contributed by atoms with Crippen LogP contribution in [0.5, 0.6) is 0 Å². The van der Waals surface area contributed by atoms with Gasteiger partial charge in [-0.25, -0.2) is 15.0 Å². The molecule has 9 heteroatoms. The molecule has 31 heavy (non-hydrogen) atoms. The number of halogens is 3. The molecule has 0 aliphatic heterocycles. The molecular weight excluding hydrogens is 405 g/mol. The normalized spacial score (nSPS) is 11.5. The number of hydrogen-bond donors (Lipinski definition) is 1. The summed E-state index contributed by atoms with van der Waals surface area (Å²) in [6.45, 7) is 1.41. The Morgan fingerprint density at radius 3 is 2.58 bits per heavy atom. The van der Waals surface area contributed by atoms with Gasteiger partial charge in [0.2, 0.25) is 0 Å². The lowest BCUT2D eigenvalue weighted by Crippen LogP contribution is -2.08. The Labute approximate surface area is 176 Å². The second-order valence-electron chi connectivity index (χ2n) is 6.84. The van der Waals surface area contributed by atoms with Gasteiger partial charge >= 0.3 is 6.18 Å². The van der Waals surface area contributed by atoms with E-state index in [0.717, 1.165) is 25.1 Å². The van der Waals surface area contributed by atoms with Crippen LogP contribution in [0, 0.1) is 0 Å². The lowest BCUT2D eigenvalue weighted by molar-refractivity contribution is -0.137. The van der Waals surface area contributed by atoms with Crippen molar-refractivity contribution < 1.29 is 13.2 Å². The van der Waals surface area contributed by atoms with E-state index >= 15 is 0 Å². The van der Waals surface area contributed by atoms with Crippen LogP contribution in [0.1, 0.15) is 12.0 Å². The Kier molecular flexibility index (Phi) is 5.92. The van der Waals surface area contributed by atoms with Gasteiger partial charge in [-0.1, -0.05) is 18.2 Å². The minimum absolute atomic E-state index is 0.340. The third-order valence-electron chi connectivity index (χ3n) is 4.56. The van der Waals surface area contributed by atoms with Gasteiger partial charge in [0, 0.05) is 43.3 Å².